The zero-order valence-corrected chi connectivity index (χ0v) is 13.7. The van der Waals surface area contributed by atoms with Gasteiger partial charge in [-0.05, 0) is 42.8 Å². The Morgan fingerprint density at radius 1 is 0.333 bits per heavy atom. The molecule has 192 valence electrons. The van der Waals surface area contributed by atoms with Gasteiger partial charge in [0.25, 0.3) is 0 Å². The Morgan fingerprint density at radius 3 is 0.848 bits per heavy atom. The van der Waals surface area contributed by atoms with Gasteiger partial charge in [0.1, 0.15) is 0 Å². The van der Waals surface area contributed by atoms with Gasteiger partial charge < -0.3 is 15.0 Å². The third-order valence-corrected chi connectivity index (χ3v) is 5.03. The van der Waals surface area contributed by atoms with Crippen LogP contribution in [0.15, 0.2) is 59.7 Å². The van der Waals surface area contributed by atoms with Crippen LogP contribution in [-0.2, 0) is 25.7 Å². The van der Waals surface area contributed by atoms with Gasteiger partial charge in [-0.25, -0.2) is 0 Å². The molecule has 3 nitrogen and oxygen atoms in total. The lowest BCUT2D eigenvalue weighted by molar-refractivity contribution is 0.929. The Morgan fingerprint density at radius 2 is 0.576 bits per heavy atom. The van der Waals surface area contributed by atoms with Crippen molar-refractivity contribution in [3.05, 3.63) is 93.9 Å². The van der Waals surface area contributed by atoms with E-state index in [9.17, 15) is 0 Å². The number of hydrogen-bond donors (Lipinski definition) is 3. The number of nitrogens with one attached hydrogen (secondary N) is 3. The van der Waals surface area contributed by atoms with Crippen LogP contribution in [0, 0.1) is 0 Å². The molecule has 0 saturated carbocycles. The molecule has 0 radical (unpaired) electrons. The molecule has 5 rings (SSSR count). The van der Waals surface area contributed by atoms with Crippen LogP contribution in [0.2, 0.25) is 0 Å². The zero-order chi connectivity index (χ0) is 15.9. The maximum Gasteiger partial charge on any atom is 0.0278 e. The lowest BCUT2D eigenvalue weighted by atomic mass is 10.0. The summed E-state index contributed by atoms with van der Waals surface area (Å²) in [5, 5.41) is 0. The van der Waals surface area contributed by atoms with Crippen molar-refractivity contribution in [2.75, 3.05) is 0 Å². The van der Waals surface area contributed by atoms with E-state index in [1.54, 1.807) is 0 Å². The predicted molar refractivity (Wildman–Crippen MR) is 157 cm³/mol. The molecule has 0 unspecified atom stereocenters. The van der Waals surface area contributed by atoms with Crippen LogP contribution in [0.5, 0.6) is 0 Å². The van der Waals surface area contributed by atoms with Crippen LogP contribution < -0.4 is 0 Å². The minimum absolute atomic E-state index is 0. The molecule has 1 aliphatic carbocycles. The van der Waals surface area contributed by atoms with Crippen molar-refractivity contribution in [1.82, 2.24) is 15.0 Å². The number of aromatic nitrogens is 3. The van der Waals surface area contributed by atoms with Crippen LogP contribution in [0.25, 0.3) is 0 Å². The lowest BCUT2D eigenvalue weighted by Gasteiger charge is -2.05. The summed E-state index contributed by atoms with van der Waals surface area (Å²) in [6, 6.07) is 13.3. The average molecular weight is 460 g/mol. The van der Waals surface area contributed by atoms with Gasteiger partial charge in [-0.15, -0.1) is 0 Å². The number of H-pyrrole nitrogens is 3. The minimum Gasteiger partial charge on any atom is -0.362 e. The number of hydrogen-bond acceptors (Lipinski definition) is 0. The second-order valence-electron chi connectivity index (χ2n) is 7.06. The maximum absolute atomic E-state index is 3.59. The quantitative estimate of drug-likeness (QED) is 0.299. The van der Waals surface area contributed by atoms with Crippen molar-refractivity contribution < 1.29 is 0 Å². The molecule has 8 bridgehead atoms. The Hall–Kier alpha value is -2.68. The van der Waals surface area contributed by atoms with Crippen LogP contribution >= 0.6 is 0 Å². The Labute approximate surface area is 207 Å². The largest absolute Gasteiger partial charge is 0.362 e. The molecule has 0 saturated heterocycles. The highest BCUT2D eigenvalue weighted by atomic mass is 14.8. The van der Waals surface area contributed by atoms with E-state index in [4.69, 9.17) is 0 Å². The van der Waals surface area contributed by atoms with Gasteiger partial charge in [-0.2, -0.15) is 0 Å². The standard InChI is InChI=1S/C21H21N3.9CH4/c1-2-15-9-14(1)10-16-3-5-18(22-16)12-20-7-8-21(24-20)13-19-6-4-17(11-15)23-19;;;;;;;;;/h1-8,22-24H,9-13H2;9*1H4. The zero-order valence-electron chi connectivity index (χ0n) is 13.7. The number of allylic oxidation sites excluding steroid dienone is 4. The molecule has 3 N–H and O–H groups in total. The summed E-state index contributed by atoms with van der Waals surface area (Å²) in [4.78, 5) is 10.7. The predicted octanol–water partition coefficient (Wildman–Crippen LogP) is 9.93. The summed E-state index contributed by atoms with van der Waals surface area (Å²) in [7, 11) is 0. The molecule has 2 aliphatic rings. The van der Waals surface area contributed by atoms with Crippen molar-refractivity contribution in [1.29, 1.82) is 0 Å². The molecule has 0 aromatic carbocycles. The molecule has 3 heteroatoms. The van der Waals surface area contributed by atoms with Gasteiger partial charge in [0.15, 0.2) is 0 Å². The molecule has 3 aromatic rings. The van der Waals surface area contributed by atoms with E-state index in [-0.39, 0.29) is 66.8 Å². The molecule has 0 atom stereocenters. The molecule has 0 fully saturated rings. The first-order chi connectivity index (χ1) is 11.8. The minimum atomic E-state index is 0. The monoisotopic (exact) mass is 459 g/mol. The summed E-state index contributed by atoms with van der Waals surface area (Å²) in [5.41, 5.74) is 10.7. The van der Waals surface area contributed by atoms with E-state index in [0.29, 0.717) is 0 Å². The fourth-order valence-corrected chi connectivity index (χ4v) is 3.88. The van der Waals surface area contributed by atoms with Crippen molar-refractivity contribution in [2.24, 2.45) is 0 Å². The highest BCUT2D eigenvalue weighted by Gasteiger charge is 2.13. The summed E-state index contributed by atoms with van der Waals surface area (Å²) in [5.74, 6) is 0. The molecular formula is C30H57N3. The molecule has 0 amide bonds. The second-order valence-corrected chi connectivity index (χ2v) is 7.06. The van der Waals surface area contributed by atoms with Gasteiger partial charge in [-0.3, -0.25) is 0 Å². The van der Waals surface area contributed by atoms with Gasteiger partial charge in [0.2, 0.25) is 0 Å². The van der Waals surface area contributed by atoms with Gasteiger partial charge in [0, 0.05) is 59.8 Å². The second kappa shape index (κ2) is 16.9. The van der Waals surface area contributed by atoms with E-state index < -0.39 is 0 Å². The topological polar surface area (TPSA) is 47.4 Å². The van der Waals surface area contributed by atoms with Gasteiger partial charge in [0.05, 0.1) is 0 Å². The van der Waals surface area contributed by atoms with E-state index in [2.05, 4.69) is 63.5 Å². The summed E-state index contributed by atoms with van der Waals surface area (Å²) in [6.45, 7) is 0. The van der Waals surface area contributed by atoms with Gasteiger partial charge >= 0.3 is 0 Å². The lowest BCUT2D eigenvalue weighted by Crippen LogP contribution is -1.96. The van der Waals surface area contributed by atoms with E-state index >= 15 is 0 Å². The summed E-state index contributed by atoms with van der Waals surface area (Å²) >= 11 is 0. The van der Waals surface area contributed by atoms with Crippen molar-refractivity contribution in [2.45, 2.75) is 98.9 Å². The first kappa shape index (κ1) is 40.7. The highest BCUT2D eigenvalue weighted by Crippen LogP contribution is 2.26. The first-order valence-electron chi connectivity index (χ1n) is 8.68. The van der Waals surface area contributed by atoms with Crippen molar-refractivity contribution in [3.8, 4) is 0 Å². The SMILES string of the molecule is C.C.C.C.C.C.C.C.C.C1=C2CC(=C1)Cc1ccc([nH]1)Cc1ccc([nH]1)Cc1ccc([nH]1)C2. The Kier molecular flexibility index (Phi) is 20.8. The molecule has 3 aromatic heterocycles. The number of fused-ring (bicyclic) bond motifs is 8. The first-order valence-corrected chi connectivity index (χ1v) is 8.68. The van der Waals surface area contributed by atoms with E-state index in [0.717, 1.165) is 32.1 Å². The average Bonchev–Trinajstić information content (AvgIpc) is 3.32. The van der Waals surface area contributed by atoms with Crippen LogP contribution in [0.4, 0.5) is 0 Å². The number of aromatic amines is 3. The normalized spacial score (nSPS) is 12.2. The third-order valence-electron chi connectivity index (χ3n) is 5.03. The van der Waals surface area contributed by atoms with Gasteiger partial charge in [-0.1, -0.05) is 90.1 Å². The van der Waals surface area contributed by atoms with E-state index in [1.165, 1.54) is 45.3 Å². The smallest absolute Gasteiger partial charge is 0.0278 e. The summed E-state index contributed by atoms with van der Waals surface area (Å²) < 4.78 is 0. The van der Waals surface area contributed by atoms with Crippen LogP contribution in [0.1, 0.15) is 107 Å². The molecule has 33 heavy (non-hydrogen) atoms. The number of rotatable bonds is 0. The molecular weight excluding hydrogens is 402 g/mol. The third kappa shape index (κ3) is 9.00. The Balaban J connectivity index is -0.000000290. The van der Waals surface area contributed by atoms with Crippen molar-refractivity contribution in [3.63, 3.8) is 0 Å². The van der Waals surface area contributed by atoms with E-state index in [1.807, 2.05) is 0 Å². The fraction of sp³-hybridized carbons (Fsp3) is 0.467. The van der Waals surface area contributed by atoms with Crippen molar-refractivity contribution >= 4 is 0 Å². The maximum atomic E-state index is 3.59. The van der Waals surface area contributed by atoms with Crippen LogP contribution in [-0.4, -0.2) is 15.0 Å². The molecule has 0 spiro atoms. The molecule has 1 aliphatic heterocycles. The summed E-state index contributed by atoms with van der Waals surface area (Å²) in [6.07, 6.45) is 9.60. The molecule has 4 heterocycles. The Bertz CT molecular complexity index is 872. The fourth-order valence-electron chi connectivity index (χ4n) is 3.88. The highest BCUT2D eigenvalue weighted by molar-refractivity contribution is 5.36. The van der Waals surface area contributed by atoms with Crippen LogP contribution in [0.3, 0.4) is 0 Å².